The molecular weight excluding hydrogens is 413 g/mol. The number of hydrogen-bond acceptors (Lipinski definition) is 3. The van der Waals surface area contributed by atoms with E-state index in [0.717, 1.165) is 36.8 Å². The molecule has 0 aliphatic carbocycles. The molecule has 0 unspecified atom stereocenters. The van der Waals surface area contributed by atoms with Crippen molar-refractivity contribution in [2.45, 2.75) is 71.2 Å². The summed E-state index contributed by atoms with van der Waals surface area (Å²) >= 11 is 0. The summed E-state index contributed by atoms with van der Waals surface area (Å²) in [5.41, 5.74) is -0.877. The second-order valence-corrected chi connectivity index (χ2v) is 9.18. The Morgan fingerprint density at radius 1 is 0.867 bits per heavy atom. The van der Waals surface area contributed by atoms with Crippen LogP contribution in [0.2, 0.25) is 0 Å². The first-order chi connectivity index (χ1) is 13.9. The summed E-state index contributed by atoms with van der Waals surface area (Å²) in [5.74, 6) is -0.313. The zero-order valence-corrected chi connectivity index (χ0v) is 18.9. The second kappa shape index (κ2) is 9.00. The maximum atomic E-state index is 12.7. The summed E-state index contributed by atoms with van der Waals surface area (Å²) in [6.45, 7) is 9.94. The monoisotopic (exact) mass is 442 g/mol. The molecule has 0 fully saturated rings. The quantitative estimate of drug-likeness (QED) is 0.342. The summed E-state index contributed by atoms with van der Waals surface area (Å²) in [7, 11) is -5.70. The maximum absolute atomic E-state index is 12.7. The van der Waals surface area contributed by atoms with Crippen LogP contribution in [-0.2, 0) is 22.0 Å². The molecule has 166 valence electrons. The van der Waals surface area contributed by atoms with E-state index in [9.17, 15) is 21.6 Å². The van der Waals surface area contributed by atoms with Crippen molar-refractivity contribution >= 4 is 10.1 Å². The largest absolute Gasteiger partial charge is 0.534 e. The molecule has 0 spiro atoms. The first kappa shape index (κ1) is 24.3. The van der Waals surface area contributed by atoms with Gasteiger partial charge in [-0.3, -0.25) is 0 Å². The van der Waals surface area contributed by atoms with E-state index in [1.165, 1.54) is 17.2 Å². The van der Waals surface area contributed by atoms with Crippen LogP contribution < -0.4 is 4.18 Å². The van der Waals surface area contributed by atoms with E-state index in [2.05, 4.69) is 50.1 Å². The standard InChI is InChI=1S/C23H29F3O3S/c1-6-9-18-10-11-19(14-16(18)4)22(7-2,8-3)20-12-13-21(17(5)15-20)29-30(27,28)23(24,25)26/h10-15H,6-9H2,1-5H3. The lowest BCUT2D eigenvalue weighted by Crippen LogP contribution is -2.29. The molecule has 2 aromatic rings. The summed E-state index contributed by atoms with van der Waals surface area (Å²) in [5, 5.41) is 0. The molecule has 3 nitrogen and oxygen atoms in total. The minimum Gasteiger partial charge on any atom is -0.376 e. The molecule has 0 atom stereocenters. The van der Waals surface area contributed by atoms with Crippen LogP contribution in [0, 0.1) is 13.8 Å². The van der Waals surface area contributed by atoms with Crippen molar-refractivity contribution in [3.63, 3.8) is 0 Å². The number of alkyl halides is 3. The van der Waals surface area contributed by atoms with Crippen molar-refractivity contribution < 1.29 is 25.8 Å². The molecule has 30 heavy (non-hydrogen) atoms. The Hall–Kier alpha value is -2.02. The van der Waals surface area contributed by atoms with Gasteiger partial charge in [-0.25, -0.2) is 0 Å². The molecule has 7 heteroatoms. The zero-order chi connectivity index (χ0) is 22.7. The van der Waals surface area contributed by atoms with Gasteiger partial charge in [-0.15, -0.1) is 0 Å². The van der Waals surface area contributed by atoms with Gasteiger partial charge in [0.05, 0.1) is 0 Å². The fourth-order valence-corrected chi connectivity index (χ4v) is 4.50. The molecule has 0 aromatic heterocycles. The first-order valence-corrected chi connectivity index (χ1v) is 11.5. The smallest absolute Gasteiger partial charge is 0.376 e. The zero-order valence-electron chi connectivity index (χ0n) is 18.1. The summed E-state index contributed by atoms with van der Waals surface area (Å²) in [6.07, 6.45) is 3.65. The molecule has 0 aliphatic heterocycles. The van der Waals surface area contributed by atoms with Crippen LogP contribution in [0.25, 0.3) is 0 Å². The molecule has 2 rings (SSSR count). The van der Waals surface area contributed by atoms with Gasteiger partial charge in [0.1, 0.15) is 5.75 Å². The molecule has 0 saturated heterocycles. The lowest BCUT2D eigenvalue weighted by molar-refractivity contribution is -0.0500. The average Bonchev–Trinajstić information content (AvgIpc) is 2.66. The highest BCUT2D eigenvalue weighted by atomic mass is 32.2. The number of benzene rings is 2. The van der Waals surface area contributed by atoms with Gasteiger partial charge in [0.15, 0.2) is 0 Å². The van der Waals surface area contributed by atoms with Crippen molar-refractivity contribution in [1.29, 1.82) is 0 Å². The number of hydrogen-bond donors (Lipinski definition) is 0. The second-order valence-electron chi connectivity index (χ2n) is 7.64. The Labute approximate surface area is 177 Å². The van der Waals surface area contributed by atoms with Gasteiger partial charge in [-0.1, -0.05) is 57.5 Å². The van der Waals surface area contributed by atoms with E-state index in [1.807, 2.05) is 0 Å². The minimum absolute atomic E-state index is 0.313. The molecule has 0 radical (unpaired) electrons. The third-order valence-electron chi connectivity index (χ3n) is 5.83. The van der Waals surface area contributed by atoms with Crippen molar-refractivity contribution in [3.8, 4) is 5.75 Å². The molecule has 2 aromatic carbocycles. The lowest BCUT2D eigenvalue weighted by atomic mass is 9.69. The van der Waals surface area contributed by atoms with Crippen LogP contribution in [0.4, 0.5) is 13.2 Å². The fraction of sp³-hybridized carbons (Fsp3) is 0.478. The van der Waals surface area contributed by atoms with Crippen molar-refractivity contribution in [3.05, 3.63) is 64.2 Å². The third-order valence-corrected chi connectivity index (χ3v) is 6.80. The van der Waals surface area contributed by atoms with Crippen LogP contribution in [0.5, 0.6) is 5.75 Å². The van der Waals surface area contributed by atoms with Crippen molar-refractivity contribution in [1.82, 2.24) is 0 Å². The molecule has 0 aliphatic rings. The molecule has 0 amide bonds. The van der Waals surface area contributed by atoms with E-state index < -0.39 is 15.6 Å². The number of rotatable bonds is 8. The molecule has 0 N–H and O–H groups in total. The van der Waals surface area contributed by atoms with E-state index in [4.69, 9.17) is 0 Å². The van der Waals surface area contributed by atoms with Crippen LogP contribution in [-0.4, -0.2) is 13.9 Å². The summed E-state index contributed by atoms with van der Waals surface area (Å²) in [6, 6.07) is 11.2. The summed E-state index contributed by atoms with van der Waals surface area (Å²) in [4.78, 5) is 0. The number of aryl methyl sites for hydroxylation is 3. The average molecular weight is 443 g/mol. The third kappa shape index (κ3) is 4.66. The molecule has 0 bridgehead atoms. The van der Waals surface area contributed by atoms with Crippen molar-refractivity contribution in [2.75, 3.05) is 0 Å². The van der Waals surface area contributed by atoms with E-state index in [-0.39, 0.29) is 11.2 Å². The van der Waals surface area contributed by atoms with E-state index in [0.29, 0.717) is 5.56 Å². The Bertz CT molecular complexity index is 991. The highest BCUT2D eigenvalue weighted by Gasteiger charge is 2.48. The van der Waals surface area contributed by atoms with Crippen LogP contribution in [0.3, 0.4) is 0 Å². The van der Waals surface area contributed by atoms with Gasteiger partial charge in [0.25, 0.3) is 0 Å². The van der Waals surface area contributed by atoms with Gasteiger partial charge < -0.3 is 4.18 Å². The van der Waals surface area contributed by atoms with Crippen LogP contribution in [0.15, 0.2) is 36.4 Å². The predicted octanol–water partition coefficient (Wildman–Crippen LogP) is 6.59. The highest BCUT2D eigenvalue weighted by Crippen LogP contribution is 2.41. The number of halogens is 3. The van der Waals surface area contributed by atoms with Gasteiger partial charge in [0, 0.05) is 5.41 Å². The Morgan fingerprint density at radius 2 is 1.40 bits per heavy atom. The first-order valence-electron chi connectivity index (χ1n) is 10.1. The lowest BCUT2D eigenvalue weighted by Gasteiger charge is -2.34. The van der Waals surface area contributed by atoms with Gasteiger partial charge in [-0.2, -0.15) is 21.6 Å². The van der Waals surface area contributed by atoms with Crippen molar-refractivity contribution in [2.24, 2.45) is 0 Å². The Kier molecular flexibility index (Phi) is 7.28. The summed E-state index contributed by atoms with van der Waals surface area (Å²) < 4.78 is 65.1. The maximum Gasteiger partial charge on any atom is 0.534 e. The molecule has 0 heterocycles. The SMILES string of the molecule is CCCc1ccc(C(CC)(CC)c2ccc(OS(=O)(=O)C(F)(F)F)c(C)c2)cc1C. The van der Waals surface area contributed by atoms with Gasteiger partial charge in [0.2, 0.25) is 0 Å². The Morgan fingerprint density at radius 3 is 1.83 bits per heavy atom. The topological polar surface area (TPSA) is 43.4 Å². The Balaban J connectivity index is 2.51. The minimum atomic E-state index is -5.70. The van der Waals surface area contributed by atoms with Crippen LogP contribution >= 0.6 is 0 Å². The van der Waals surface area contributed by atoms with E-state index >= 15 is 0 Å². The van der Waals surface area contributed by atoms with Gasteiger partial charge >= 0.3 is 15.6 Å². The molecular formula is C23H29F3O3S. The fourth-order valence-electron chi connectivity index (χ4n) is 3.98. The normalized spacial score (nSPS) is 12.8. The predicted molar refractivity (Wildman–Crippen MR) is 113 cm³/mol. The van der Waals surface area contributed by atoms with Gasteiger partial charge in [-0.05, 0) is 67.0 Å². The van der Waals surface area contributed by atoms with Crippen LogP contribution in [0.1, 0.15) is 67.9 Å². The molecule has 0 saturated carbocycles. The highest BCUT2D eigenvalue weighted by molar-refractivity contribution is 7.88. The van der Waals surface area contributed by atoms with E-state index in [1.54, 1.807) is 19.1 Å².